The Hall–Kier alpha value is -2.34. The van der Waals surface area contributed by atoms with Gasteiger partial charge in [0.15, 0.2) is 11.6 Å². The van der Waals surface area contributed by atoms with Gasteiger partial charge in [-0.2, -0.15) is 0 Å². The minimum atomic E-state index is -0.897. The van der Waals surface area contributed by atoms with Crippen LogP contribution in [0.1, 0.15) is 30.4 Å². The molecule has 0 aromatic heterocycles. The SMILES string of the molecule is O=C1CC[C@H](CCNCc2ccc(F)cc2)N1Cc1cccc(F)c1F. The van der Waals surface area contributed by atoms with Crippen LogP contribution in [0.5, 0.6) is 0 Å². The third-order valence-corrected chi connectivity index (χ3v) is 4.72. The molecule has 2 aromatic carbocycles. The molecule has 6 heteroatoms. The van der Waals surface area contributed by atoms with E-state index in [0.29, 0.717) is 25.9 Å². The highest BCUT2D eigenvalue weighted by Gasteiger charge is 2.31. The summed E-state index contributed by atoms with van der Waals surface area (Å²) in [4.78, 5) is 13.8. The minimum absolute atomic E-state index is 0.00545. The zero-order valence-corrected chi connectivity index (χ0v) is 14.4. The van der Waals surface area contributed by atoms with Crippen LogP contribution >= 0.6 is 0 Å². The quantitative estimate of drug-likeness (QED) is 0.761. The molecule has 1 fully saturated rings. The van der Waals surface area contributed by atoms with Gasteiger partial charge in [0, 0.05) is 31.1 Å². The second kappa shape index (κ2) is 8.36. The fraction of sp³-hybridized carbons (Fsp3) is 0.350. The van der Waals surface area contributed by atoms with Gasteiger partial charge < -0.3 is 10.2 Å². The van der Waals surface area contributed by atoms with Crippen molar-refractivity contribution in [2.75, 3.05) is 6.54 Å². The second-order valence-corrected chi connectivity index (χ2v) is 6.52. The van der Waals surface area contributed by atoms with Gasteiger partial charge in [-0.05, 0) is 43.1 Å². The van der Waals surface area contributed by atoms with Gasteiger partial charge in [-0.25, -0.2) is 13.2 Å². The lowest BCUT2D eigenvalue weighted by atomic mass is 10.1. The molecule has 0 unspecified atom stereocenters. The van der Waals surface area contributed by atoms with E-state index in [2.05, 4.69) is 5.32 Å². The normalized spacial score (nSPS) is 17.1. The summed E-state index contributed by atoms with van der Waals surface area (Å²) in [6, 6.07) is 10.3. The lowest BCUT2D eigenvalue weighted by Crippen LogP contribution is -2.35. The highest BCUT2D eigenvalue weighted by atomic mass is 19.2. The number of nitrogens with one attached hydrogen (secondary N) is 1. The number of hydrogen-bond donors (Lipinski definition) is 1. The van der Waals surface area contributed by atoms with E-state index in [1.54, 1.807) is 17.0 Å². The Balaban J connectivity index is 1.52. The summed E-state index contributed by atoms with van der Waals surface area (Å²) in [5.41, 5.74) is 1.18. The highest BCUT2D eigenvalue weighted by Crippen LogP contribution is 2.25. The molecule has 138 valence electrons. The Morgan fingerprint density at radius 1 is 1.08 bits per heavy atom. The number of nitrogens with zero attached hydrogens (tertiary/aromatic N) is 1. The Labute approximate surface area is 150 Å². The maximum Gasteiger partial charge on any atom is 0.223 e. The molecule has 1 atom stereocenters. The van der Waals surface area contributed by atoms with Crippen LogP contribution in [-0.4, -0.2) is 23.4 Å². The first kappa shape index (κ1) is 18.5. The molecular weight excluding hydrogens is 341 g/mol. The van der Waals surface area contributed by atoms with E-state index in [1.807, 2.05) is 0 Å². The smallest absolute Gasteiger partial charge is 0.223 e. The summed E-state index contributed by atoms with van der Waals surface area (Å²) < 4.78 is 40.1. The number of carbonyl (C=O) groups is 1. The average molecular weight is 362 g/mol. The number of benzene rings is 2. The molecule has 1 amide bonds. The van der Waals surface area contributed by atoms with Gasteiger partial charge in [0.2, 0.25) is 5.91 Å². The van der Waals surface area contributed by atoms with Crippen molar-refractivity contribution in [3.63, 3.8) is 0 Å². The third kappa shape index (κ3) is 4.43. The maximum absolute atomic E-state index is 13.9. The summed E-state index contributed by atoms with van der Waals surface area (Å²) in [6.07, 6.45) is 1.87. The summed E-state index contributed by atoms with van der Waals surface area (Å²) in [5, 5.41) is 3.27. The van der Waals surface area contributed by atoms with Crippen LogP contribution in [0.3, 0.4) is 0 Å². The zero-order valence-electron chi connectivity index (χ0n) is 14.4. The van der Waals surface area contributed by atoms with Crippen LogP contribution in [0.4, 0.5) is 13.2 Å². The lowest BCUT2D eigenvalue weighted by molar-refractivity contribution is -0.129. The van der Waals surface area contributed by atoms with E-state index in [4.69, 9.17) is 0 Å². The largest absolute Gasteiger partial charge is 0.335 e. The molecule has 1 N–H and O–H groups in total. The van der Waals surface area contributed by atoms with Gasteiger partial charge in [0.1, 0.15) is 5.82 Å². The van der Waals surface area contributed by atoms with Gasteiger partial charge in [0.25, 0.3) is 0 Å². The molecule has 1 saturated heterocycles. The molecule has 1 aliphatic rings. The first-order valence-electron chi connectivity index (χ1n) is 8.72. The van der Waals surface area contributed by atoms with Crippen molar-refractivity contribution in [3.8, 4) is 0 Å². The number of halogens is 3. The van der Waals surface area contributed by atoms with Crippen LogP contribution < -0.4 is 5.32 Å². The van der Waals surface area contributed by atoms with Gasteiger partial charge in [0.05, 0.1) is 0 Å². The summed E-state index contributed by atoms with van der Waals surface area (Å²) in [5.74, 6) is -2.08. The Morgan fingerprint density at radius 3 is 2.62 bits per heavy atom. The number of hydrogen-bond acceptors (Lipinski definition) is 2. The maximum atomic E-state index is 13.9. The van der Waals surface area contributed by atoms with Gasteiger partial charge in [-0.3, -0.25) is 4.79 Å². The van der Waals surface area contributed by atoms with Crippen LogP contribution in [0, 0.1) is 17.5 Å². The molecule has 1 heterocycles. The highest BCUT2D eigenvalue weighted by molar-refractivity contribution is 5.78. The van der Waals surface area contributed by atoms with Crippen molar-refractivity contribution in [1.29, 1.82) is 0 Å². The monoisotopic (exact) mass is 362 g/mol. The van der Waals surface area contributed by atoms with Gasteiger partial charge in [-0.15, -0.1) is 0 Å². The standard InChI is InChI=1S/C20H21F3N2O/c21-16-6-4-14(5-7-16)12-24-11-10-17-8-9-19(26)25(17)13-15-2-1-3-18(22)20(15)23/h1-7,17,24H,8-13H2/t17-/m1/s1. The van der Waals surface area contributed by atoms with E-state index >= 15 is 0 Å². The van der Waals surface area contributed by atoms with Crippen molar-refractivity contribution in [2.24, 2.45) is 0 Å². The van der Waals surface area contributed by atoms with Crippen molar-refractivity contribution in [2.45, 2.75) is 38.4 Å². The van der Waals surface area contributed by atoms with Crippen LogP contribution in [0.2, 0.25) is 0 Å². The first-order valence-corrected chi connectivity index (χ1v) is 8.72. The second-order valence-electron chi connectivity index (χ2n) is 6.52. The predicted molar refractivity (Wildman–Crippen MR) is 92.7 cm³/mol. The van der Waals surface area contributed by atoms with E-state index in [-0.39, 0.29) is 29.9 Å². The van der Waals surface area contributed by atoms with Crippen LogP contribution in [-0.2, 0) is 17.9 Å². The Bertz CT molecular complexity index is 764. The van der Waals surface area contributed by atoms with E-state index in [1.165, 1.54) is 24.3 Å². The molecule has 0 bridgehead atoms. The predicted octanol–water partition coefficient (Wildman–Crippen LogP) is 3.77. The molecule has 1 aliphatic heterocycles. The summed E-state index contributed by atoms with van der Waals surface area (Å²) in [6.45, 7) is 1.38. The molecule has 0 saturated carbocycles. The summed E-state index contributed by atoms with van der Waals surface area (Å²) >= 11 is 0. The first-order chi connectivity index (χ1) is 12.5. The molecule has 3 rings (SSSR count). The number of likely N-dealkylation sites (tertiary alicyclic amines) is 1. The Kier molecular flexibility index (Phi) is 5.93. The molecule has 3 nitrogen and oxygen atoms in total. The van der Waals surface area contributed by atoms with E-state index in [0.717, 1.165) is 18.1 Å². The van der Waals surface area contributed by atoms with E-state index in [9.17, 15) is 18.0 Å². The lowest BCUT2D eigenvalue weighted by Gasteiger charge is -2.25. The number of rotatable bonds is 7. The van der Waals surface area contributed by atoms with Crippen molar-refractivity contribution in [3.05, 3.63) is 71.0 Å². The molecule has 0 aliphatic carbocycles. The van der Waals surface area contributed by atoms with Crippen molar-refractivity contribution >= 4 is 5.91 Å². The number of amides is 1. The summed E-state index contributed by atoms with van der Waals surface area (Å²) in [7, 11) is 0. The van der Waals surface area contributed by atoms with Crippen LogP contribution in [0.25, 0.3) is 0 Å². The molecular formula is C20H21F3N2O. The fourth-order valence-electron chi connectivity index (χ4n) is 3.27. The van der Waals surface area contributed by atoms with E-state index < -0.39 is 11.6 Å². The third-order valence-electron chi connectivity index (χ3n) is 4.72. The van der Waals surface area contributed by atoms with Crippen molar-refractivity contribution in [1.82, 2.24) is 10.2 Å². The van der Waals surface area contributed by atoms with Gasteiger partial charge in [-0.1, -0.05) is 24.3 Å². The van der Waals surface area contributed by atoms with Crippen LogP contribution in [0.15, 0.2) is 42.5 Å². The minimum Gasteiger partial charge on any atom is -0.335 e. The topological polar surface area (TPSA) is 32.3 Å². The zero-order chi connectivity index (χ0) is 18.5. The average Bonchev–Trinajstić information content (AvgIpc) is 2.97. The number of carbonyl (C=O) groups excluding carboxylic acids is 1. The molecule has 0 spiro atoms. The molecule has 0 radical (unpaired) electrons. The Morgan fingerprint density at radius 2 is 1.85 bits per heavy atom. The van der Waals surface area contributed by atoms with Crippen molar-refractivity contribution < 1.29 is 18.0 Å². The van der Waals surface area contributed by atoms with Gasteiger partial charge >= 0.3 is 0 Å². The molecule has 2 aromatic rings. The molecule has 26 heavy (non-hydrogen) atoms. The fourth-order valence-corrected chi connectivity index (χ4v) is 3.27.